The van der Waals surface area contributed by atoms with Crippen molar-refractivity contribution in [2.24, 2.45) is 5.73 Å². The summed E-state index contributed by atoms with van der Waals surface area (Å²) in [6.07, 6.45) is 1.60. The summed E-state index contributed by atoms with van der Waals surface area (Å²) < 4.78 is 0. The largest absolute Gasteiger partial charge is 0.507 e. The van der Waals surface area contributed by atoms with Crippen molar-refractivity contribution in [1.82, 2.24) is 0 Å². The molecule has 2 rings (SSSR count). The molecule has 0 spiro atoms. The Hall–Kier alpha value is -2.75. The van der Waals surface area contributed by atoms with E-state index in [0.29, 0.717) is 5.56 Å². The Kier molecular flexibility index (Phi) is 3.25. The Morgan fingerprint density at radius 3 is 2.32 bits per heavy atom. The fourth-order valence-corrected chi connectivity index (χ4v) is 1.91. The molecule has 0 fully saturated rings. The van der Waals surface area contributed by atoms with Crippen LogP contribution in [0.2, 0.25) is 0 Å². The molecule has 1 amide bonds. The minimum absolute atomic E-state index is 0.122. The molecule has 0 aliphatic rings. The lowest BCUT2D eigenvalue weighted by atomic mass is 9.95. The maximum Gasteiger partial charge on any atom is 0.249 e. The van der Waals surface area contributed by atoms with E-state index in [2.05, 4.69) is 6.58 Å². The highest BCUT2D eigenvalue weighted by Crippen LogP contribution is 2.39. The topological polar surface area (TPSA) is 83.6 Å². The first-order valence-electron chi connectivity index (χ1n) is 5.62. The Labute approximate surface area is 110 Å². The number of phenols is 2. The van der Waals surface area contributed by atoms with E-state index < -0.39 is 5.91 Å². The van der Waals surface area contributed by atoms with Crippen LogP contribution in [0.3, 0.4) is 0 Å². The summed E-state index contributed by atoms with van der Waals surface area (Å²) in [4.78, 5) is 11.5. The third-order valence-electron chi connectivity index (χ3n) is 2.83. The van der Waals surface area contributed by atoms with Crippen molar-refractivity contribution in [1.29, 1.82) is 0 Å². The molecule has 4 nitrogen and oxygen atoms in total. The molecular formula is C15H13NO3. The summed E-state index contributed by atoms with van der Waals surface area (Å²) in [5.41, 5.74) is 6.85. The van der Waals surface area contributed by atoms with Crippen LogP contribution in [0, 0.1) is 0 Å². The molecule has 19 heavy (non-hydrogen) atoms. The highest BCUT2D eigenvalue weighted by atomic mass is 16.3. The van der Waals surface area contributed by atoms with Crippen molar-refractivity contribution in [3.05, 3.63) is 54.1 Å². The van der Waals surface area contributed by atoms with Gasteiger partial charge in [-0.05, 0) is 29.8 Å². The van der Waals surface area contributed by atoms with Crippen LogP contribution in [0.4, 0.5) is 0 Å². The third kappa shape index (κ3) is 2.28. The lowest BCUT2D eigenvalue weighted by molar-refractivity contribution is 0.100. The maximum absolute atomic E-state index is 11.5. The summed E-state index contributed by atoms with van der Waals surface area (Å²) in [5.74, 6) is -0.874. The Balaban J connectivity index is 2.79. The van der Waals surface area contributed by atoms with Gasteiger partial charge < -0.3 is 15.9 Å². The standard InChI is InChI=1S/C15H13NO3/c1-2-9-6-7-10(15(16)19)11(8-9)14-12(17)4-3-5-13(14)18/h2-8,17-18H,1H2,(H2,16,19). The monoisotopic (exact) mass is 255 g/mol. The molecule has 0 heterocycles. The number of rotatable bonds is 3. The average Bonchev–Trinajstić information content (AvgIpc) is 2.38. The number of benzene rings is 2. The molecule has 0 aromatic heterocycles. The van der Waals surface area contributed by atoms with Crippen LogP contribution in [-0.2, 0) is 0 Å². The van der Waals surface area contributed by atoms with Gasteiger partial charge in [-0.15, -0.1) is 0 Å². The number of amides is 1. The summed E-state index contributed by atoms with van der Waals surface area (Å²) >= 11 is 0. The number of carbonyl (C=O) groups is 1. The van der Waals surface area contributed by atoms with Gasteiger partial charge in [0.05, 0.1) is 5.56 Å². The number of aromatic hydroxyl groups is 2. The lowest BCUT2D eigenvalue weighted by Gasteiger charge is -2.11. The van der Waals surface area contributed by atoms with Crippen LogP contribution in [0.25, 0.3) is 17.2 Å². The zero-order valence-corrected chi connectivity index (χ0v) is 10.1. The molecular weight excluding hydrogens is 242 g/mol. The quantitative estimate of drug-likeness (QED) is 0.787. The molecule has 0 saturated heterocycles. The molecule has 2 aromatic rings. The van der Waals surface area contributed by atoms with E-state index in [4.69, 9.17) is 5.73 Å². The van der Waals surface area contributed by atoms with Crippen molar-refractivity contribution in [3.63, 3.8) is 0 Å². The number of phenolic OH excluding ortho intramolecular Hbond substituents is 2. The maximum atomic E-state index is 11.5. The van der Waals surface area contributed by atoms with E-state index in [-0.39, 0.29) is 22.6 Å². The van der Waals surface area contributed by atoms with Crippen molar-refractivity contribution in [3.8, 4) is 22.6 Å². The van der Waals surface area contributed by atoms with Gasteiger partial charge in [0.15, 0.2) is 0 Å². The zero-order chi connectivity index (χ0) is 14.0. The summed E-state index contributed by atoms with van der Waals surface area (Å²) in [7, 11) is 0. The van der Waals surface area contributed by atoms with Gasteiger partial charge in [0, 0.05) is 11.1 Å². The number of nitrogens with two attached hydrogens (primary N) is 1. The second-order valence-corrected chi connectivity index (χ2v) is 4.04. The SMILES string of the molecule is C=Cc1ccc(C(N)=O)c(-c2c(O)cccc2O)c1. The van der Waals surface area contributed by atoms with E-state index in [9.17, 15) is 15.0 Å². The van der Waals surface area contributed by atoms with Gasteiger partial charge in [0.25, 0.3) is 0 Å². The zero-order valence-electron chi connectivity index (χ0n) is 10.1. The molecule has 0 aliphatic carbocycles. The predicted molar refractivity (Wildman–Crippen MR) is 73.8 cm³/mol. The molecule has 0 unspecified atom stereocenters. The van der Waals surface area contributed by atoms with Crippen molar-refractivity contribution >= 4 is 12.0 Å². The van der Waals surface area contributed by atoms with Gasteiger partial charge in [0.1, 0.15) is 11.5 Å². The van der Waals surface area contributed by atoms with Gasteiger partial charge in [-0.25, -0.2) is 0 Å². The van der Waals surface area contributed by atoms with E-state index in [1.807, 2.05) is 0 Å². The van der Waals surface area contributed by atoms with Crippen molar-refractivity contribution in [2.75, 3.05) is 0 Å². The van der Waals surface area contributed by atoms with E-state index in [0.717, 1.165) is 5.56 Å². The first-order valence-corrected chi connectivity index (χ1v) is 5.62. The van der Waals surface area contributed by atoms with Gasteiger partial charge in [-0.3, -0.25) is 4.79 Å². The van der Waals surface area contributed by atoms with Crippen LogP contribution in [0.15, 0.2) is 43.0 Å². The fourth-order valence-electron chi connectivity index (χ4n) is 1.91. The van der Waals surface area contributed by atoms with Gasteiger partial charge in [-0.1, -0.05) is 24.8 Å². The molecule has 4 heteroatoms. The fraction of sp³-hybridized carbons (Fsp3) is 0. The third-order valence-corrected chi connectivity index (χ3v) is 2.83. The highest BCUT2D eigenvalue weighted by molar-refractivity contribution is 6.01. The second kappa shape index (κ2) is 4.86. The Morgan fingerprint density at radius 2 is 1.79 bits per heavy atom. The van der Waals surface area contributed by atoms with Crippen molar-refractivity contribution in [2.45, 2.75) is 0 Å². The van der Waals surface area contributed by atoms with Gasteiger partial charge >= 0.3 is 0 Å². The minimum Gasteiger partial charge on any atom is -0.507 e. The first kappa shape index (κ1) is 12.7. The minimum atomic E-state index is -0.631. The normalized spacial score (nSPS) is 10.1. The van der Waals surface area contributed by atoms with E-state index >= 15 is 0 Å². The van der Waals surface area contributed by atoms with Crippen LogP contribution >= 0.6 is 0 Å². The molecule has 0 aliphatic heterocycles. The molecule has 0 saturated carbocycles. The molecule has 0 radical (unpaired) electrons. The molecule has 2 aromatic carbocycles. The lowest BCUT2D eigenvalue weighted by Crippen LogP contribution is -2.12. The first-order chi connectivity index (χ1) is 9.04. The van der Waals surface area contributed by atoms with E-state index in [1.165, 1.54) is 18.2 Å². The van der Waals surface area contributed by atoms with Crippen LogP contribution in [0.5, 0.6) is 11.5 Å². The van der Waals surface area contributed by atoms with E-state index in [1.54, 1.807) is 24.3 Å². The predicted octanol–water partition coefficient (Wildman–Crippen LogP) is 2.51. The number of hydrogen-bond acceptors (Lipinski definition) is 3. The average molecular weight is 255 g/mol. The molecule has 0 bridgehead atoms. The number of hydrogen-bond donors (Lipinski definition) is 3. The smallest absolute Gasteiger partial charge is 0.249 e. The molecule has 96 valence electrons. The highest BCUT2D eigenvalue weighted by Gasteiger charge is 2.16. The molecule has 0 atom stereocenters. The van der Waals surface area contributed by atoms with Gasteiger partial charge in [-0.2, -0.15) is 0 Å². The van der Waals surface area contributed by atoms with Gasteiger partial charge in [0.2, 0.25) is 5.91 Å². The van der Waals surface area contributed by atoms with Crippen molar-refractivity contribution < 1.29 is 15.0 Å². The summed E-state index contributed by atoms with van der Waals surface area (Å²) in [5, 5.41) is 19.8. The van der Waals surface area contributed by atoms with Crippen LogP contribution in [-0.4, -0.2) is 16.1 Å². The summed E-state index contributed by atoms with van der Waals surface area (Å²) in [6.45, 7) is 3.64. The number of carbonyl (C=O) groups excluding carboxylic acids is 1. The second-order valence-electron chi connectivity index (χ2n) is 4.04. The Bertz CT molecular complexity index is 642. The summed E-state index contributed by atoms with van der Waals surface area (Å²) in [6, 6.07) is 9.24. The van der Waals surface area contributed by atoms with Crippen LogP contribution < -0.4 is 5.73 Å². The number of primary amides is 1. The Morgan fingerprint density at radius 1 is 1.16 bits per heavy atom. The molecule has 4 N–H and O–H groups in total. The van der Waals surface area contributed by atoms with Crippen LogP contribution in [0.1, 0.15) is 15.9 Å².